The van der Waals surface area contributed by atoms with Gasteiger partial charge in [-0.05, 0) is 19.3 Å². The molecule has 0 saturated heterocycles. The maximum absolute atomic E-state index is 12.8. The van der Waals surface area contributed by atoms with Crippen LogP contribution in [-0.4, -0.2) is 37.2 Å². The van der Waals surface area contributed by atoms with Crippen molar-refractivity contribution in [3.8, 4) is 0 Å². The minimum absolute atomic E-state index is 0.0614. The molecule has 0 spiro atoms. The van der Waals surface area contributed by atoms with Crippen LogP contribution in [0.4, 0.5) is 0 Å². The van der Waals surface area contributed by atoms with Crippen LogP contribution in [-0.2, 0) is 28.6 Å². The van der Waals surface area contributed by atoms with Gasteiger partial charge in [-0.2, -0.15) is 0 Å². The van der Waals surface area contributed by atoms with Gasteiger partial charge in [0.15, 0.2) is 6.10 Å². The predicted molar refractivity (Wildman–Crippen MR) is 261 cm³/mol. The second kappa shape index (κ2) is 51.0. The third-order valence-corrected chi connectivity index (χ3v) is 12.6. The van der Waals surface area contributed by atoms with Crippen LogP contribution in [0.1, 0.15) is 316 Å². The normalized spacial score (nSPS) is 11.9. The van der Waals surface area contributed by atoms with Crippen molar-refractivity contribution in [2.24, 2.45) is 0 Å². The maximum Gasteiger partial charge on any atom is 0.306 e. The van der Waals surface area contributed by atoms with Crippen LogP contribution in [0.5, 0.6) is 0 Å². The lowest BCUT2D eigenvalue weighted by Gasteiger charge is -2.18. The predicted octanol–water partition coefficient (Wildman–Crippen LogP) is 18.0. The highest BCUT2D eigenvalue weighted by Crippen LogP contribution is 2.17. The number of esters is 3. The van der Waals surface area contributed by atoms with E-state index in [1.807, 2.05) is 0 Å². The molecule has 0 unspecified atom stereocenters. The van der Waals surface area contributed by atoms with Gasteiger partial charge in [0.1, 0.15) is 13.2 Å². The number of hydrogen-bond acceptors (Lipinski definition) is 6. The Labute approximate surface area is 380 Å². The highest BCUT2D eigenvalue weighted by molar-refractivity contribution is 5.71. The van der Waals surface area contributed by atoms with Crippen molar-refractivity contribution in [3.63, 3.8) is 0 Å². The van der Waals surface area contributed by atoms with Gasteiger partial charge in [0.05, 0.1) is 0 Å². The Hall–Kier alpha value is -1.59. The number of hydrogen-bond donors (Lipinski definition) is 0. The summed E-state index contributed by atoms with van der Waals surface area (Å²) >= 11 is 0. The number of carbonyl (C=O) groups is 3. The molecular formula is C55H106O6. The zero-order valence-corrected chi connectivity index (χ0v) is 41.5. The van der Waals surface area contributed by atoms with Crippen molar-refractivity contribution in [2.75, 3.05) is 13.2 Å². The quantitative estimate of drug-likeness (QED) is 0.0344. The summed E-state index contributed by atoms with van der Waals surface area (Å²) in [6.07, 6.45) is 55.1. The van der Waals surface area contributed by atoms with Crippen LogP contribution in [0.25, 0.3) is 0 Å². The second-order valence-corrected chi connectivity index (χ2v) is 18.9. The lowest BCUT2D eigenvalue weighted by molar-refractivity contribution is -0.167. The molecule has 6 heteroatoms. The molecule has 0 saturated carbocycles. The molecule has 0 aromatic carbocycles. The third-order valence-electron chi connectivity index (χ3n) is 12.6. The van der Waals surface area contributed by atoms with Gasteiger partial charge in [0.2, 0.25) is 0 Å². The molecule has 0 bridgehead atoms. The molecule has 0 aliphatic heterocycles. The number of carbonyl (C=O) groups excluding carboxylic acids is 3. The van der Waals surface area contributed by atoms with Crippen LogP contribution in [0.2, 0.25) is 0 Å². The monoisotopic (exact) mass is 863 g/mol. The van der Waals surface area contributed by atoms with E-state index in [0.29, 0.717) is 19.3 Å². The largest absolute Gasteiger partial charge is 0.462 e. The molecular weight excluding hydrogens is 757 g/mol. The zero-order chi connectivity index (χ0) is 44.4. The Morgan fingerprint density at radius 3 is 0.656 bits per heavy atom. The van der Waals surface area contributed by atoms with Gasteiger partial charge in [-0.15, -0.1) is 0 Å². The molecule has 61 heavy (non-hydrogen) atoms. The van der Waals surface area contributed by atoms with Gasteiger partial charge in [0, 0.05) is 19.3 Å². The van der Waals surface area contributed by atoms with Gasteiger partial charge in [-0.3, -0.25) is 14.4 Å². The minimum Gasteiger partial charge on any atom is -0.462 e. The summed E-state index contributed by atoms with van der Waals surface area (Å²) in [6, 6.07) is 0. The fourth-order valence-electron chi connectivity index (χ4n) is 8.45. The van der Waals surface area contributed by atoms with Gasteiger partial charge >= 0.3 is 17.9 Å². The van der Waals surface area contributed by atoms with E-state index >= 15 is 0 Å². The average Bonchev–Trinajstić information content (AvgIpc) is 3.26. The highest BCUT2D eigenvalue weighted by Gasteiger charge is 2.19. The Morgan fingerprint density at radius 1 is 0.262 bits per heavy atom. The van der Waals surface area contributed by atoms with Crippen LogP contribution in [0.15, 0.2) is 0 Å². The van der Waals surface area contributed by atoms with E-state index in [-0.39, 0.29) is 31.1 Å². The summed E-state index contributed by atoms with van der Waals surface area (Å²) in [4.78, 5) is 38.0. The highest BCUT2D eigenvalue weighted by atomic mass is 16.6. The van der Waals surface area contributed by atoms with Gasteiger partial charge < -0.3 is 14.2 Å². The van der Waals surface area contributed by atoms with Gasteiger partial charge in [-0.1, -0.05) is 278 Å². The summed E-state index contributed by atoms with van der Waals surface area (Å²) in [5, 5.41) is 0. The number of ether oxygens (including phenoxy) is 3. The number of rotatable bonds is 51. The summed E-state index contributed by atoms with van der Waals surface area (Å²) in [6.45, 7) is 6.69. The molecule has 6 nitrogen and oxygen atoms in total. The van der Waals surface area contributed by atoms with Gasteiger partial charge in [0.25, 0.3) is 0 Å². The molecule has 0 amide bonds. The van der Waals surface area contributed by atoms with Crippen molar-refractivity contribution in [2.45, 2.75) is 322 Å². The van der Waals surface area contributed by atoms with E-state index in [2.05, 4.69) is 20.8 Å². The first-order valence-corrected chi connectivity index (χ1v) is 27.5. The van der Waals surface area contributed by atoms with E-state index in [4.69, 9.17) is 14.2 Å². The summed E-state index contributed by atoms with van der Waals surface area (Å²) in [5.41, 5.74) is 0. The molecule has 0 heterocycles. The molecule has 0 aromatic rings. The molecule has 0 aliphatic rings. The first kappa shape index (κ1) is 59.4. The van der Waals surface area contributed by atoms with Crippen molar-refractivity contribution in [1.82, 2.24) is 0 Å². The Balaban J connectivity index is 4.26. The average molecular weight is 863 g/mol. The van der Waals surface area contributed by atoms with Crippen LogP contribution in [0.3, 0.4) is 0 Å². The summed E-state index contributed by atoms with van der Waals surface area (Å²) < 4.78 is 16.8. The van der Waals surface area contributed by atoms with Crippen molar-refractivity contribution < 1.29 is 28.6 Å². The number of unbranched alkanes of at least 4 members (excludes halogenated alkanes) is 40. The molecule has 0 radical (unpaired) electrons. The fourth-order valence-corrected chi connectivity index (χ4v) is 8.45. The van der Waals surface area contributed by atoms with Crippen molar-refractivity contribution in [3.05, 3.63) is 0 Å². The molecule has 0 fully saturated rings. The first-order valence-electron chi connectivity index (χ1n) is 27.5. The summed E-state index contributed by atoms with van der Waals surface area (Å²) in [7, 11) is 0. The van der Waals surface area contributed by atoms with Crippen molar-refractivity contribution >= 4 is 17.9 Å². The lowest BCUT2D eigenvalue weighted by Crippen LogP contribution is -2.30. The standard InChI is InChI=1S/C55H106O6/c1-4-7-10-13-16-19-22-25-26-27-28-29-31-33-36-39-42-45-48-54(57)60-51-52(50-59-53(56)47-44-41-38-35-32-24-21-18-15-12-9-6-3)61-55(58)49-46-43-40-37-34-30-23-20-17-14-11-8-5-2/h52H,4-51H2,1-3H3/t52-/m1/s1. The van der Waals surface area contributed by atoms with Crippen LogP contribution >= 0.6 is 0 Å². The fraction of sp³-hybridized carbons (Fsp3) is 0.945. The molecule has 362 valence electrons. The molecule has 0 aromatic heterocycles. The van der Waals surface area contributed by atoms with E-state index in [9.17, 15) is 14.4 Å². The van der Waals surface area contributed by atoms with E-state index in [1.165, 1.54) is 218 Å². The zero-order valence-electron chi connectivity index (χ0n) is 41.5. The molecule has 0 N–H and O–H groups in total. The van der Waals surface area contributed by atoms with Crippen molar-refractivity contribution in [1.29, 1.82) is 0 Å². The second-order valence-electron chi connectivity index (χ2n) is 18.9. The molecule has 0 aliphatic carbocycles. The Bertz CT molecular complexity index is 905. The Morgan fingerprint density at radius 2 is 0.443 bits per heavy atom. The van der Waals surface area contributed by atoms with E-state index in [1.54, 1.807) is 0 Å². The van der Waals surface area contributed by atoms with E-state index < -0.39 is 6.10 Å². The summed E-state index contributed by atoms with van der Waals surface area (Å²) in [5.74, 6) is -0.837. The smallest absolute Gasteiger partial charge is 0.306 e. The minimum atomic E-state index is -0.760. The van der Waals surface area contributed by atoms with Crippen LogP contribution < -0.4 is 0 Å². The lowest BCUT2D eigenvalue weighted by atomic mass is 10.0. The SMILES string of the molecule is CCCCCCCCCCCCCCCCCCCCC(=O)OC[C@@H](COC(=O)CCCCCCCCCCCCCC)OC(=O)CCCCCCCCCCCCCCC. The maximum atomic E-state index is 12.8. The molecule has 0 rings (SSSR count). The molecule has 1 atom stereocenters. The Kier molecular flexibility index (Phi) is 49.7. The topological polar surface area (TPSA) is 78.9 Å². The first-order chi connectivity index (χ1) is 30.0. The van der Waals surface area contributed by atoms with Crippen LogP contribution in [0, 0.1) is 0 Å². The van der Waals surface area contributed by atoms with E-state index in [0.717, 1.165) is 57.8 Å². The van der Waals surface area contributed by atoms with Gasteiger partial charge in [-0.25, -0.2) is 0 Å². The third kappa shape index (κ3) is 49.3.